The summed E-state index contributed by atoms with van der Waals surface area (Å²) in [6.07, 6.45) is 8.60. The average molecular weight is 257 g/mol. The summed E-state index contributed by atoms with van der Waals surface area (Å²) < 4.78 is 2.00. The highest BCUT2D eigenvalue weighted by molar-refractivity contribution is 5.29. The maximum Gasteiger partial charge on any atom is 0.233 e. The standard InChI is InChI=1S/C14H19N5/c1-3-11-7-15-8-13(11)18(5-1)9-12-10-19-6-2-4-16-14(19)17-12/h2,4,6,10-11,13,15H,1,3,5,7-9H2. The quantitative estimate of drug-likeness (QED) is 0.869. The fraction of sp³-hybridized carbons (Fsp3) is 0.571. The number of nitrogens with one attached hydrogen (secondary N) is 1. The van der Waals surface area contributed by atoms with Crippen molar-refractivity contribution in [2.45, 2.75) is 25.4 Å². The lowest BCUT2D eigenvalue weighted by molar-refractivity contribution is 0.116. The van der Waals surface area contributed by atoms with Crippen LogP contribution in [0.4, 0.5) is 0 Å². The van der Waals surface area contributed by atoms with E-state index < -0.39 is 0 Å². The number of imidazole rings is 1. The molecule has 2 atom stereocenters. The van der Waals surface area contributed by atoms with Crippen molar-refractivity contribution in [3.05, 3.63) is 30.4 Å². The molecule has 2 fully saturated rings. The minimum atomic E-state index is 0.700. The summed E-state index contributed by atoms with van der Waals surface area (Å²) >= 11 is 0. The van der Waals surface area contributed by atoms with Gasteiger partial charge in [-0.1, -0.05) is 0 Å². The minimum Gasteiger partial charge on any atom is -0.315 e. The van der Waals surface area contributed by atoms with E-state index in [1.54, 1.807) is 6.20 Å². The minimum absolute atomic E-state index is 0.700. The molecule has 0 aliphatic carbocycles. The molecule has 5 heteroatoms. The molecule has 19 heavy (non-hydrogen) atoms. The molecule has 2 aromatic heterocycles. The average Bonchev–Trinajstić information content (AvgIpc) is 3.04. The Kier molecular flexibility index (Phi) is 2.74. The molecule has 0 amide bonds. The van der Waals surface area contributed by atoms with Crippen molar-refractivity contribution in [1.82, 2.24) is 24.6 Å². The van der Waals surface area contributed by atoms with Gasteiger partial charge >= 0.3 is 0 Å². The highest BCUT2D eigenvalue weighted by atomic mass is 15.2. The topological polar surface area (TPSA) is 45.5 Å². The normalized spacial score (nSPS) is 27.8. The van der Waals surface area contributed by atoms with Crippen molar-refractivity contribution in [1.29, 1.82) is 0 Å². The van der Waals surface area contributed by atoms with E-state index in [4.69, 9.17) is 0 Å². The Morgan fingerprint density at radius 1 is 1.37 bits per heavy atom. The van der Waals surface area contributed by atoms with Gasteiger partial charge in [-0.15, -0.1) is 0 Å². The lowest BCUT2D eigenvalue weighted by atomic mass is 9.92. The summed E-state index contributed by atoms with van der Waals surface area (Å²) in [5.74, 6) is 1.64. The van der Waals surface area contributed by atoms with Crippen LogP contribution in [0.25, 0.3) is 5.78 Å². The van der Waals surface area contributed by atoms with Crippen molar-refractivity contribution >= 4 is 5.78 Å². The van der Waals surface area contributed by atoms with E-state index in [0.29, 0.717) is 6.04 Å². The molecule has 5 nitrogen and oxygen atoms in total. The molecule has 0 aromatic carbocycles. The molecule has 2 aliphatic rings. The Labute approximate surface area is 112 Å². The smallest absolute Gasteiger partial charge is 0.233 e. The van der Waals surface area contributed by atoms with Crippen molar-refractivity contribution < 1.29 is 0 Å². The van der Waals surface area contributed by atoms with E-state index in [-0.39, 0.29) is 0 Å². The third kappa shape index (κ3) is 2.03. The van der Waals surface area contributed by atoms with Crippen molar-refractivity contribution in [2.75, 3.05) is 19.6 Å². The van der Waals surface area contributed by atoms with Gasteiger partial charge in [0.1, 0.15) is 0 Å². The maximum absolute atomic E-state index is 4.61. The zero-order valence-electron chi connectivity index (χ0n) is 11.0. The van der Waals surface area contributed by atoms with Crippen LogP contribution in [0, 0.1) is 5.92 Å². The zero-order valence-corrected chi connectivity index (χ0v) is 11.0. The van der Waals surface area contributed by atoms with Gasteiger partial charge in [0, 0.05) is 37.7 Å². The van der Waals surface area contributed by atoms with Gasteiger partial charge in [0.15, 0.2) is 0 Å². The van der Waals surface area contributed by atoms with Crippen LogP contribution in [0.15, 0.2) is 24.7 Å². The largest absolute Gasteiger partial charge is 0.315 e. The van der Waals surface area contributed by atoms with Crippen molar-refractivity contribution in [2.24, 2.45) is 5.92 Å². The van der Waals surface area contributed by atoms with Crippen LogP contribution in [-0.2, 0) is 6.54 Å². The lowest BCUT2D eigenvalue weighted by Gasteiger charge is -2.36. The van der Waals surface area contributed by atoms with Crippen LogP contribution in [-0.4, -0.2) is 44.9 Å². The Balaban J connectivity index is 1.56. The van der Waals surface area contributed by atoms with Crippen LogP contribution in [0.3, 0.4) is 0 Å². The Morgan fingerprint density at radius 2 is 2.37 bits per heavy atom. The Morgan fingerprint density at radius 3 is 3.32 bits per heavy atom. The predicted molar refractivity (Wildman–Crippen MR) is 72.8 cm³/mol. The molecule has 0 bridgehead atoms. The SMILES string of the molecule is c1cnc2nc(CN3CCCC4CNCC43)cn2c1. The summed E-state index contributed by atoms with van der Waals surface area (Å²) in [4.78, 5) is 11.5. The molecule has 4 rings (SSSR count). The van der Waals surface area contributed by atoms with E-state index in [1.807, 2.05) is 16.7 Å². The van der Waals surface area contributed by atoms with Gasteiger partial charge < -0.3 is 5.32 Å². The first kappa shape index (κ1) is 11.4. The van der Waals surface area contributed by atoms with Crippen molar-refractivity contribution in [3.63, 3.8) is 0 Å². The van der Waals surface area contributed by atoms with Crippen LogP contribution >= 0.6 is 0 Å². The molecular formula is C14H19N5. The fourth-order valence-electron chi connectivity index (χ4n) is 3.52. The molecule has 1 N–H and O–H groups in total. The van der Waals surface area contributed by atoms with Gasteiger partial charge in [0.05, 0.1) is 5.69 Å². The molecular weight excluding hydrogens is 238 g/mol. The summed E-state index contributed by atoms with van der Waals surface area (Å²) in [6, 6.07) is 2.64. The highest BCUT2D eigenvalue weighted by Crippen LogP contribution is 2.27. The molecule has 100 valence electrons. The molecule has 2 aliphatic heterocycles. The Hall–Kier alpha value is -1.46. The number of aromatic nitrogens is 3. The number of rotatable bonds is 2. The number of likely N-dealkylation sites (tertiary alicyclic amines) is 1. The van der Waals surface area contributed by atoms with E-state index >= 15 is 0 Å². The molecule has 4 heterocycles. The summed E-state index contributed by atoms with van der Waals surface area (Å²) in [7, 11) is 0. The molecule has 2 unspecified atom stereocenters. The molecule has 0 saturated carbocycles. The second-order valence-corrected chi connectivity index (χ2v) is 5.66. The van der Waals surface area contributed by atoms with Gasteiger partial charge in [-0.05, 0) is 37.9 Å². The van der Waals surface area contributed by atoms with Crippen LogP contribution in [0.1, 0.15) is 18.5 Å². The van der Waals surface area contributed by atoms with Crippen LogP contribution < -0.4 is 5.32 Å². The first-order valence-electron chi connectivity index (χ1n) is 7.13. The Bertz CT molecular complexity index is 545. The number of hydrogen-bond donors (Lipinski definition) is 1. The summed E-state index contributed by atoms with van der Waals surface area (Å²) in [6.45, 7) is 4.47. The van der Waals surface area contributed by atoms with E-state index in [1.165, 1.54) is 25.9 Å². The molecule has 0 spiro atoms. The number of nitrogens with zero attached hydrogens (tertiary/aromatic N) is 4. The maximum atomic E-state index is 4.61. The van der Waals surface area contributed by atoms with Gasteiger partial charge in [0.2, 0.25) is 5.78 Å². The van der Waals surface area contributed by atoms with Gasteiger partial charge in [0.25, 0.3) is 0 Å². The van der Waals surface area contributed by atoms with Gasteiger partial charge in [-0.2, -0.15) is 0 Å². The summed E-state index contributed by atoms with van der Waals surface area (Å²) in [5.41, 5.74) is 1.13. The number of fused-ring (bicyclic) bond motifs is 2. The van der Waals surface area contributed by atoms with E-state index in [2.05, 4.69) is 26.4 Å². The first-order valence-corrected chi connectivity index (χ1v) is 7.13. The molecule has 0 radical (unpaired) electrons. The van der Waals surface area contributed by atoms with Crippen LogP contribution in [0.2, 0.25) is 0 Å². The third-order valence-corrected chi connectivity index (χ3v) is 4.44. The summed E-state index contributed by atoms with van der Waals surface area (Å²) in [5, 5.41) is 3.53. The second kappa shape index (κ2) is 4.58. The zero-order chi connectivity index (χ0) is 12.7. The number of piperidine rings is 1. The lowest BCUT2D eigenvalue weighted by Crippen LogP contribution is -2.44. The molecule has 2 saturated heterocycles. The van der Waals surface area contributed by atoms with Gasteiger partial charge in [-0.25, -0.2) is 9.97 Å². The van der Waals surface area contributed by atoms with E-state index in [9.17, 15) is 0 Å². The van der Waals surface area contributed by atoms with Gasteiger partial charge in [-0.3, -0.25) is 9.30 Å². The monoisotopic (exact) mass is 257 g/mol. The second-order valence-electron chi connectivity index (χ2n) is 5.66. The number of hydrogen-bond acceptors (Lipinski definition) is 4. The highest BCUT2D eigenvalue weighted by Gasteiger charge is 2.34. The fourth-order valence-corrected chi connectivity index (χ4v) is 3.52. The first-order chi connectivity index (χ1) is 9.40. The van der Waals surface area contributed by atoms with E-state index in [0.717, 1.165) is 30.5 Å². The third-order valence-electron chi connectivity index (χ3n) is 4.44. The predicted octanol–water partition coefficient (Wildman–Crippen LogP) is 0.913. The van der Waals surface area contributed by atoms with Crippen LogP contribution in [0.5, 0.6) is 0 Å². The van der Waals surface area contributed by atoms with Crippen molar-refractivity contribution in [3.8, 4) is 0 Å². The molecule has 2 aromatic rings.